The number of hydrogen-bond acceptors (Lipinski definition) is 11. The van der Waals surface area contributed by atoms with Gasteiger partial charge in [0, 0.05) is 25.9 Å². The molecule has 5 rings (SSSR count). The van der Waals surface area contributed by atoms with Gasteiger partial charge in [0.05, 0.1) is 12.1 Å². The Labute approximate surface area is 291 Å². The highest BCUT2D eigenvalue weighted by molar-refractivity contribution is 7.15. The van der Waals surface area contributed by atoms with Crippen LogP contribution in [0.15, 0.2) is 54.6 Å². The normalized spacial score (nSPS) is 13.5. The SMILES string of the molecule is CC(C)(C)OC(=O)N1Cc2cccc(CC(=O)Nc3ccc(CCCCc4nnc(NC(O)Cc5cccc(OC(F)(F)F)c5)s4)nn3)c2C1. The molecule has 0 fully saturated rings. The van der Waals surface area contributed by atoms with E-state index in [0.29, 0.717) is 42.4 Å². The van der Waals surface area contributed by atoms with E-state index in [0.717, 1.165) is 40.2 Å². The Hall–Kier alpha value is -4.83. The first-order valence-corrected chi connectivity index (χ1v) is 16.8. The van der Waals surface area contributed by atoms with E-state index in [4.69, 9.17) is 4.74 Å². The summed E-state index contributed by atoms with van der Waals surface area (Å²) in [7, 11) is 0. The molecule has 4 aromatic rings. The number of ether oxygens (including phenoxy) is 2. The molecule has 0 radical (unpaired) electrons. The summed E-state index contributed by atoms with van der Waals surface area (Å²) in [6.45, 7) is 6.29. The van der Waals surface area contributed by atoms with Crippen LogP contribution < -0.4 is 15.4 Å². The largest absolute Gasteiger partial charge is 0.573 e. The van der Waals surface area contributed by atoms with Crippen LogP contribution >= 0.6 is 11.3 Å². The highest BCUT2D eigenvalue weighted by atomic mass is 32.1. The Bertz CT molecular complexity index is 1780. The molecule has 0 saturated carbocycles. The molecule has 0 saturated heterocycles. The van der Waals surface area contributed by atoms with Gasteiger partial charge in [-0.25, -0.2) is 4.79 Å². The zero-order valence-electron chi connectivity index (χ0n) is 27.8. The van der Waals surface area contributed by atoms with Gasteiger partial charge in [0.2, 0.25) is 11.0 Å². The molecule has 266 valence electrons. The number of halogens is 3. The molecule has 3 heterocycles. The second-order valence-corrected chi connectivity index (χ2v) is 13.9. The molecule has 1 unspecified atom stereocenters. The number of hydrogen-bond donors (Lipinski definition) is 3. The molecule has 16 heteroatoms. The maximum absolute atomic E-state index is 12.9. The Balaban J connectivity index is 1.02. The lowest BCUT2D eigenvalue weighted by atomic mass is 10.0. The molecule has 3 N–H and O–H groups in total. The molecule has 0 bridgehead atoms. The number of nitrogens with zero attached hydrogens (tertiary/aromatic N) is 5. The Kier molecular flexibility index (Phi) is 11.5. The quantitative estimate of drug-likeness (QED) is 0.108. The third kappa shape index (κ3) is 11.1. The lowest BCUT2D eigenvalue weighted by molar-refractivity contribution is -0.274. The molecule has 0 aliphatic carbocycles. The van der Waals surface area contributed by atoms with Crippen LogP contribution in [-0.2, 0) is 48.3 Å². The molecular formula is C34H38F3N7O5S. The standard InChI is InChI=1S/C34H38F3N7O5S/c1-33(2,3)49-32(47)44-19-23-10-7-9-22(26(23)20-44)18-29(46)38-27-15-14-24(40-41-27)11-4-5-13-30-42-43-31(50-30)39-28(45)17-21-8-6-12-25(16-21)48-34(35,36)37/h6-10,12,14-16,28,45H,4-5,11,13,17-20H2,1-3H3,(H,39,43)(H,38,41,46). The number of aliphatic hydroxyl groups excluding tert-OH is 1. The fourth-order valence-electron chi connectivity index (χ4n) is 5.31. The summed E-state index contributed by atoms with van der Waals surface area (Å²) in [5.74, 6) is -0.244. The number of nitrogens with one attached hydrogen (secondary N) is 2. The number of unbranched alkanes of at least 4 members (excludes halogenated alkanes) is 1. The second kappa shape index (κ2) is 15.8. The first-order chi connectivity index (χ1) is 23.7. The highest BCUT2D eigenvalue weighted by Crippen LogP contribution is 2.28. The smallest absolute Gasteiger partial charge is 0.444 e. The number of aliphatic hydroxyl groups is 1. The van der Waals surface area contributed by atoms with Crippen LogP contribution in [0.25, 0.3) is 0 Å². The minimum absolute atomic E-state index is 0.0402. The Morgan fingerprint density at radius 1 is 0.980 bits per heavy atom. The van der Waals surface area contributed by atoms with E-state index in [1.807, 2.05) is 45.0 Å². The van der Waals surface area contributed by atoms with Gasteiger partial charge in [-0.05, 0) is 86.6 Å². The van der Waals surface area contributed by atoms with Crippen LogP contribution in [0, 0.1) is 0 Å². The summed E-state index contributed by atoms with van der Waals surface area (Å²) in [5, 5.41) is 33.8. The maximum atomic E-state index is 12.9. The van der Waals surface area contributed by atoms with Gasteiger partial charge < -0.3 is 25.2 Å². The van der Waals surface area contributed by atoms with E-state index in [1.165, 1.54) is 29.5 Å². The summed E-state index contributed by atoms with van der Waals surface area (Å²) in [4.78, 5) is 27.1. The fourth-order valence-corrected chi connectivity index (χ4v) is 6.14. The average molecular weight is 714 g/mol. The van der Waals surface area contributed by atoms with E-state index >= 15 is 0 Å². The number of carbonyl (C=O) groups is 2. The van der Waals surface area contributed by atoms with Crippen molar-refractivity contribution in [3.8, 4) is 5.75 Å². The highest BCUT2D eigenvalue weighted by Gasteiger charge is 2.31. The molecule has 0 spiro atoms. The topological polar surface area (TPSA) is 152 Å². The summed E-state index contributed by atoms with van der Waals surface area (Å²) in [5.41, 5.74) is 3.43. The van der Waals surface area contributed by atoms with Crippen LogP contribution in [0.3, 0.4) is 0 Å². The van der Waals surface area contributed by atoms with Crippen LogP contribution in [0.5, 0.6) is 5.75 Å². The molecule has 2 aromatic heterocycles. The number of aryl methyl sites for hydroxylation is 2. The maximum Gasteiger partial charge on any atom is 0.573 e. The number of fused-ring (bicyclic) bond motifs is 1. The first-order valence-electron chi connectivity index (χ1n) is 16.0. The molecule has 12 nitrogen and oxygen atoms in total. The van der Waals surface area contributed by atoms with E-state index in [9.17, 15) is 27.9 Å². The van der Waals surface area contributed by atoms with Crippen LogP contribution in [0.4, 0.5) is 28.9 Å². The molecule has 50 heavy (non-hydrogen) atoms. The molecule has 2 aromatic carbocycles. The number of anilines is 2. The Morgan fingerprint density at radius 3 is 2.50 bits per heavy atom. The van der Waals surface area contributed by atoms with Crippen LogP contribution in [0.1, 0.15) is 66.6 Å². The minimum Gasteiger partial charge on any atom is -0.444 e. The number of benzene rings is 2. The predicted molar refractivity (Wildman–Crippen MR) is 179 cm³/mol. The number of amides is 2. The zero-order chi connectivity index (χ0) is 35.9. The summed E-state index contributed by atoms with van der Waals surface area (Å²) in [6, 6.07) is 14.7. The van der Waals surface area contributed by atoms with Gasteiger partial charge in [0.25, 0.3) is 0 Å². The molecule has 1 aliphatic heterocycles. The van der Waals surface area contributed by atoms with Crippen molar-refractivity contribution in [2.45, 2.75) is 90.6 Å². The van der Waals surface area contributed by atoms with Crippen LogP contribution in [-0.4, -0.2) is 60.6 Å². The second-order valence-electron chi connectivity index (χ2n) is 12.8. The predicted octanol–water partition coefficient (Wildman–Crippen LogP) is 6.20. The van der Waals surface area contributed by atoms with E-state index in [-0.39, 0.29) is 30.6 Å². The lowest BCUT2D eigenvalue weighted by Gasteiger charge is -2.24. The van der Waals surface area contributed by atoms with E-state index < -0.39 is 18.2 Å². The average Bonchev–Trinajstić information content (AvgIpc) is 3.66. The van der Waals surface area contributed by atoms with Crippen molar-refractivity contribution in [1.82, 2.24) is 25.3 Å². The van der Waals surface area contributed by atoms with Crippen molar-refractivity contribution >= 4 is 34.3 Å². The van der Waals surface area contributed by atoms with Gasteiger partial charge in [-0.15, -0.1) is 28.5 Å². The van der Waals surface area contributed by atoms with E-state index in [2.05, 4.69) is 35.8 Å². The fraction of sp³-hybridized carbons (Fsp3) is 0.412. The van der Waals surface area contributed by atoms with Gasteiger partial charge in [0.1, 0.15) is 22.6 Å². The van der Waals surface area contributed by atoms with Crippen molar-refractivity contribution < 1.29 is 37.3 Å². The molecular weight excluding hydrogens is 675 g/mol. The van der Waals surface area contributed by atoms with Gasteiger partial charge in [-0.3, -0.25) is 9.69 Å². The molecule has 1 aliphatic rings. The third-order valence-corrected chi connectivity index (χ3v) is 8.38. The summed E-state index contributed by atoms with van der Waals surface area (Å²) < 4.78 is 46.9. The Morgan fingerprint density at radius 2 is 1.76 bits per heavy atom. The first kappa shape index (κ1) is 36.5. The van der Waals surface area contributed by atoms with Crippen molar-refractivity contribution in [3.05, 3.63) is 87.6 Å². The van der Waals surface area contributed by atoms with Crippen molar-refractivity contribution in [3.63, 3.8) is 0 Å². The minimum atomic E-state index is -4.79. The monoisotopic (exact) mass is 713 g/mol. The van der Waals surface area contributed by atoms with Crippen molar-refractivity contribution in [1.29, 1.82) is 0 Å². The van der Waals surface area contributed by atoms with Crippen molar-refractivity contribution in [2.75, 3.05) is 10.6 Å². The van der Waals surface area contributed by atoms with Gasteiger partial charge >= 0.3 is 12.5 Å². The van der Waals surface area contributed by atoms with Gasteiger partial charge in [-0.1, -0.05) is 41.7 Å². The molecule has 1 atom stereocenters. The number of carbonyl (C=O) groups excluding carboxylic acids is 2. The van der Waals surface area contributed by atoms with E-state index in [1.54, 1.807) is 17.0 Å². The number of aromatic nitrogens is 4. The van der Waals surface area contributed by atoms with Crippen LogP contribution in [0.2, 0.25) is 0 Å². The van der Waals surface area contributed by atoms with Gasteiger partial charge in [-0.2, -0.15) is 5.10 Å². The summed E-state index contributed by atoms with van der Waals surface area (Å²) >= 11 is 1.29. The number of rotatable bonds is 13. The third-order valence-electron chi connectivity index (χ3n) is 7.46. The van der Waals surface area contributed by atoms with Crippen molar-refractivity contribution in [2.24, 2.45) is 0 Å². The number of alkyl halides is 3. The zero-order valence-corrected chi connectivity index (χ0v) is 28.6. The summed E-state index contributed by atoms with van der Waals surface area (Å²) in [6.07, 6.45) is -3.15. The molecule has 2 amide bonds. The lowest BCUT2D eigenvalue weighted by Crippen LogP contribution is -2.33. The van der Waals surface area contributed by atoms with Gasteiger partial charge in [0.15, 0.2) is 5.82 Å².